The molecule has 1 aromatic heterocycles. The maximum Gasteiger partial charge on any atom is 0.161 e. The minimum Gasteiger partial charge on any atom is -0.508 e. The molecule has 0 unspecified atom stereocenters. The second kappa shape index (κ2) is 6.14. The minimum atomic E-state index is -0.410. The second-order valence-corrected chi connectivity index (χ2v) is 5.15. The van der Waals surface area contributed by atoms with Gasteiger partial charge in [-0.05, 0) is 41.3 Å². The van der Waals surface area contributed by atoms with Gasteiger partial charge in [0, 0.05) is 18.7 Å². The molecule has 0 fully saturated rings. The largest absolute Gasteiger partial charge is 0.508 e. The van der Waals surface area contributed by atoms with E-state index in [4.69, 9.17) is 9.47 Å². The Morgan fingerprint density at radius 2 is 1.74 bits per heavy atom. The zero-order valence-corrected chi connectivity index (χ0v) is 12.9. The third kappa shape index (κ3) is 2.78. The third-order valence-electron chi connectivity index (χ3n) is 3.77. The number of benzene rings is 2. The van der Waals surface area contributed by atoms with Gasteiger partial charge in [0.15, 0.2) is 11.5 Å². The number of pyridine rings is 1. The Morgan fingerprint density at radius 3 is 2.39 bits per heavy atom. The molecule has 0 radical (unpaired) electrons. The van der Waals surface area contributed by atoms with E-state index in [1.165, 1.54) is 7.11 Å². The smallest absolute Gasteiger partial charge is 0.161 e. The van der Waals surface area contributed by atoms with E-state index in [0.717, 1.165) is 16.3 Å². The summed E-state index contributed by atoms with van der Waals surface area (Å²) in [6.07, 6.45) is 1.28. The normalized spacial score (nSPS) is 12.3. The number of phenolic OH excluding ortho intramolecular Hbond substituents is 2. The number of rotatable bonds is 4. The molecule has 2 aromatic carbocycles. The molecule has 2 N–H and O–H groups in total. The number of methoxy groups -OCH3 is 2. The Morgan fingerprint density at radius 1 is 1.00 bits per heavy atom. The highest BCUT2D eigenvalue weighted by Gasteiger charge is 2.19. The van der Waals surface area contributed by atoms with Crippen LogP contribution in [0.4, 0.5) is 0 Å². The van der Waals surface area contributed by atoms with Crippen molar-refractivity contribution in [2.24, 2.45) is 0 Å². The van der Waals surface area contributed by atoms with E-state index < -0.39 is 6.10 Å². The maximum absolute atomic E-state index is 10.1. The van der Waals surface area contributed by atoms with Gasteiger partial charge in [-0.1, -0.05) is 12.1 Å². The Kier molecular flexibility index (Phi) is 4.04. The SMILES string of the molecule is COc1cc2ccnc([C@H](OC)c3ccc(O)cc3)c2cc1O. The predicted octanol–water partition coefficient (Wildman–Crippen LogP) is 3.39. The van der Waals surface area contributed by atoms with Gasteiger partial charge in [0.2, 0.25) is 0 Å². The van der Waals surface area contributed by atoms with Gasteiger partial charge in [-0.25, -0.2) is 0 Å². The zero-order valence-electron chi connectivity index (χ0n) is 12.9. The molecule has 3 rings (SSSR count). The number of aromatic nitrogens is 1. The number of fused-ring (bicyclic) bond motifs is 1. The maximum atomic E-state index is 10.1. The van der Waals surface area contributed by atoms with Crippen LogP contribution < -0.4 is 4.74 Å². The third-order valence-corrected chi connectivity index (χ3v) is 3.77. The molecule has 0 bridgehead atoms. The van der Waals surface area contributed by atoms with Crippen LogP contribution in [0.5, 0.6) is 17.2 Å². The highest BCUT2D eigenvalue weighted by atomic mass is 16.5. The lowest BCUT2D eigenvalue weighted by Crippen LogP contribution is -2.06. The molecule has 23 heavy (non-hydrogen) atoms. The highest BCUT2D eigenvalue weighted by Crippen LogP contribution is 2.36. The first-order valence-electron chi connectivity index (χ1n) is 7.11. The summed E-state index contributed by atoms with van der Waals surface area (Å²) in [5.41, 5.74) is 1.55. The number of phenols is 2. The average molecular weight is 311 g/mol. The van der Waals surface area contributed by atoms with Gasteiger partial charge in [-0.3, -0.25) is 4.98 Å². The van der Waals surface area contributed by atoms with E-state index in [1.54, 1.807) is 49.7 Å². The van der Waals surface area contributed by atoms with Gasteiger partial charge in [0.05, 0.1) is 12.8 Å². The van der Waals surface area contributed by atoms with Crippen LogP contribution in [0.3, 0.4) is 0 Å². The molecule has 0 saturated heterocycles. The number of aromatic hydroxyl groups is 2. The first kappa shape index (κ1) is 15.1. The van der Waals surface area contributed by atoms with Crippen LogP contribution in [0, 0.1) is 0 Å². The molecule has 0 aliphatic rings. The molecule has 5 nitrogen and oxygen atoms in total. The van der Waals surface area contributed by atoms with Crippen molar-refractivity contribution in [3.8, 4) is 17.2 Å². The Hall–Kier alpha value is -2.79. The molecule has 3 aromatic rings. The fraction of sp³-hybridized carbons (Fsp3) is 0.167. The van der Waals surface area contributed by atoms with Crippen molar-refractivity contribution >= 4 is 10.8 Å². The summed E-state index contributed by atoms with van der Waals surface area (Å²) in [4.78, 5) is 4.43. The van der Waals surface area contributed by atoms with Crippen LogP contribution in [0.1, 0.15) is 17.4 Å². The monoisotopic (exact) mass is 311 g/mol. The highest BCUT2D eigenvalue weighted by molar-refractivity contribution is 5.88. The summed E-state index contributed by atoms with van der Waals surface area (Å²) in [7, 11) is 3.11. The summed E-state index contributed by atoms with van der Waals surface area (Å²) in [6, 6.07) is 12.0. The van der Waals surface area contributed by atoms with Crippen molar-refractivity contribution < 1.29 is 19.7 Å². The summed E-state index contributed by atoms with van der Waals surface area (Å²) >= 11 is 0. The molecule has 1 heterocycles. The first-order valence-corrected chi connectivity index (χ1v) is 7.11. The van der Waals surface area contributed by atoms with Gasteiger partial charge in [-0.15, -0.1) is 0 Å². The van der Waals surface area contributed by atoms with Gasteiger partial charge in [0.1, 0.15) is 11.9 Å². The standard InChI is InChI=1S/C18H17NO4/c1-22-16-9-12-7-8-19-17(14(12)10-15(16)21)18(23-2)11-3-5-13(20)6-4-11/h3-10,18,20-21H,1-2H3/t18-/m1/s1. The molecule has 0 aliphatic heterocycles. The summed E-state index contributed by atoms with van der Waals surface area (Å²) in [6.45, 7) is 0. The lowest BCUT2D eigenvalue weighted by atomic mass is 10.00. The average Bonchev–Trinajstić information content (AvgIpc) is 2.57. The second-order valence-electron chi connectivity index (χ2n) is 5.15. The quantitative estimate of drug-likeness (QED) is 0.773. The van der Waals surface area contributed by atoms with Crippen molar-refractivity contribution in [3.05, 3.63) is 59.9 Å². The molecule has 0 aliphatic carbocycles. The molecule has 0 amide bonds. The molecular formula is C18H17NO4. The fourth-order valence-corrected chi connectivity index (χ4v) is 2.64. The van der Waals surface area contributed by atoms with Crippen LogP contribution in [-0.2, 0) is 4.74 Å². The van der Waals surface area contributed by atoms with Gasteiger partial charge >= 0.3 is 0 Å². The Labute approximate surface area is 133 Å². The number of hydrogen-bond donors (Lipinski definition) is 2. The van der Waals surface area contributed by atoms with E-state index in [9.17, 15) is 10.2 Å². The van der Waals surface area contributed by atoms with Crippen LogP contribution in [0.25, 0.3) is 10.8 Å². The van der Waals surface area contributed by atoms with E-state index in [1.807, 2.05) is 6.07 Å². The molecule has 5 heteroatoms. The van der Waals surface area contributed by atoms with Crippen LogP contribution in [0.15, 0.2) is 48.7 Å². The van der Waals surface area contributed by atoms with E-state index in [0.29, 0.717) is 11.4 Å². The van der Waals surface area contributed by atoms with Gasteiger partial charge in [0.25, 0.3) is 0 Å². The molecule has 0 saturated carbocycles. The number of ether oxygens (including phenoxy) is 2. The van der Waals surface area contributed by atoms with Crippen LogP contribution in [0.2, 0.25) is 0 Å². The zero-order chi connectivity index (χ0) is 16.4. The van der Waals surface area contributed by atoms with E-state index >= 15 is 0 Å². The Bertz CT molecular complexity index is 830. The lowest BCUT2D eigenvalue weighted by Gasteiger charge is -2.18. The van der Waals surface area contributed by atoms with Crippen molar-refractivity contribution in [2.75, 3.05) is 14.2 Å². The summed E-state index contributed by atoms with van der Waals surface area (Å²) in [5.74, 6) is 0.653. The summed E-state index contributed by atoms with van der Waals surface area (Å²) in [5, 5.41) is 21.2. The van der Waals surface area contributed by atoms with E-state index in [2.05, 4.69) is 4.98 Å². The van der Waals surface area contributed by atoms with Crippen molar-refractivity contribution in [2.45, 2.75) is 6.10 Å². The van der Waals surface area contributed by atoms with Crippen molar-refractivity contribution in [3.63, 3.8) is 0 Å². The van der Waals surface area contributed by atoms with Gasteiger partial charge in [-0.2, -0.15) is 0 Å². The topological polar surface area (TPSA) is 71.8 Å². The molecule has 0 spiro atoms. The van der Waals surface area contributed by atoms with Gasteiger partial charge < -0.3 is 19.7 Å². The molecule has 1 atom stereocenters. The fourth-order valence-electron chi connectivity index (χ4n) is 2.64. The van der Waals surface area contributed by atoms with E-state index in [-0.39, 0.29) is 11.5 Å². The predicted molar refractivity (Wildman–Crippen MR) is 86.9 cm³/mol. The lowest BCUT2D eigenvalue weighted by molar-refractivity contribution is 0.134. The first-order chi connectivity index (χ1) is 11.1. The summed E-state index contributed by atoms with van der Waals surface area (Å²) < 4.78 is 10.8. The van der Waals surface area contributed by atoms with Crippen LogP contribution in [-0.4, -0.2) is 29.4 Å². The molecule has 118 valence electrons. The van der Waals surface area contributed by atoms with Crippen molar-refractivity contribution in [1.29, 1.82) is 0 Å². The minimum absolute atomic E-state index is 0.0507. The number of hydrogen-bond acceptors (Lipinski definition) is 5. The van der Waals surface area contributed by atoms with Crippen LogP contribution >= 0.6 is 0 Å². The number of nitrogens with zero attached hydrogens (tertiary/aromatic N) is 1. The Balaban J connectivity index is 2.17. The van der Waals surface area contributed by atoms with Crippen molar-refractivity contribution in [1.82, 2.24) is 4.98 Å². The molecular weight excluding hydrogens is 294 g/mol.